The van der Waals surface area contributed by atoms with Gasteiger partial charge in [-0.05, 0) is 116 Å². The van der Waals surface area contributed by atoms with Gasteiger partial charge in [0.2, 0.25) is 0 Å². The second-order valence-corrected chi connectivity index (χ2v) is 10.5. The first-order valence-corrected chi connectivity index (χ1v) is 12.6. The quantitative estimate of drug-likeness (QED) is 0.127. The molecule has 0 N–H and O–H groups in total. The van der Waals surface area contributed by atoms with Crippen molar-refractivity contribution in [3.05, 3.63) is 101 Å². The summed E-state index contributed by atoms with van der Waals surface area (Å²) in [5.41, 5.74) is 1.94. The highest BCUT2D eigenvalue weighted by molar-refractivity contribution is 14.1. The molecule has 0 bridgehead atoms. The van der Waals surface area contributed by atoms with E-state index >= 15 is 0 Å². The molecule has 0 atom stereocenters. The summed E-state index contributed by atoms with van der Waals surface area (Å²) in [6.45, 7) is 0.224. The van der Waals surface area contributed by atoms with Gasteiger partial charge in [0, 0.05) is 8.59 Å². The fourth-order valence-electron chi connectivity index (χ4n) is 2.99. The number of imide groups is 1. The van der Waals surface area contributed by atoms with E-state index in [1.54, 1.807) is 48.5 Å². The lowest BCUT2D eigenvalue weighted by Gasteiger charge is -2.12. The first kappa shape index (κ1) is 24.0. The molecule has 0 aliphatic carbocycles. The zero-order valence-corrected chi connectivity index (χ0v) is 22.1. The third-order valence-corrected chi connectivity index (χ3v) is 7.16. The highest BCUT2D eigenvalue weighted by Gasteiger charge is 2.35. The van der Waals surface area contributed by atoms with Gasteiger partial charge in [-0.1, -0.05) is 29.8 Å². The number of hydrogen-bond acceptors (Lipinski definition) is 5. The maximum absolute atomic E-state index is 12.8. The highest BCUT2D eigenvalue weighted by Crippen LogP contribution is 2.35. The summed E-state index contributed by atoms with van der Waals surface area (Å²) in [6, 6.07) is 19.1. The predicted octanol–water partition coefficient (Wildman–Crippen LogP) is 7.16. The van der Waals surface area contributed by atoms with Crippen LogP contribution >= 0.6 is 61.9 Å². The number of carbonyl (C=O) groups is 3. The molecule has 166 valence electrons. The Morgan fingerprint density at radius 3 is 2.42 bits per heavy atom. The maximum Gasteiger partial charge on any atom is 0.343 e. The average Bonchev–Trinajstić information content (AvgIpc) is 3.04. The first-order chi connectivity index (χ1) is 15.8. The number of rotatable bonds is 5. The molecule has 1 aliphatic rings. The van der Waals surface area contributed by atoms with Crippen LogP contribution < -0.4 is 4.74 Å². The van der Waals surface area contributed by atoms with E-state index in [9.17, 15) is 14.4 Å². The average molecular weight is 655 g/mol. The Morgan fingerprint density at radius 1 is 1.06 bits per heavy atom. The van der Waals surface area contributed by atoms with Gasteiger partial charge < -0.3 is 4.74 Å². The van der Waals surface area contributed by atoms with Crippen molar-refractivity contribution in [3.8, 4) is 5.75 Å². The van der Waals surface area contributed by atoms with Crippen molar-refractivity contribution in [1.29, 1.82) is 0 Å². The summed E-state index contributed by atoms with van der Waals surface area (Å²) < 4.78 is 7.06. The Labute approximate surface area is 221 Å². The molecule has 1 aliphatic heterocycles. The summed E-state index contributed by atoms with van der Waals surface area (Å²) in [5, 5.41) is 0.220. The van der Waals surface area contributed by atoms with Crippen LogP contribution in [0.1, 0.15) is 21.5 Å². The van der Waals surface area contributed by atoms with Crippen LogP contribution in [-0.4, -0.2) is 22.0 Å². The van der Waals surface area contributed by atoms with Gasteiger partial charge in [-0.3, -0.25) is 14.5 Å². The minimum absolute atomic E-state index is 0.224. The van der Waals surface area contributed by atoms with Crippen LogP contribution in [0.5, 0.6) is 5.75 Å². The normalized spacial score (nSPS) is 14.8. The van der Waals surface area contributed by atoms with Crippen LogP contribution in [0.3, 0.4) is 0 Å². The van der Waals surface area contributed by atoms with E-state index in [1.165, 1.54) is 4.90 Å². The van der Waals surface area contributed by atoms with Crippen molar-refractivity contribution >= 4 is 85.1 Å². The molecule has 1 heterocycles. The van der Waals surface area contributed by atoms with Gasteiger partial charge in [0.15, 0.2) is 0 Å². The maximum atomic E-state index is 12.8. The van der Waals surface area contributed by atoms with Gasteiger partial charge >= 0.3 is 5.97 Å². The number of amides is 2. The number of thioether (sulfide) groups is 1. The van der Waals surface area contributed by atoms with Gasteiger partial charge in [-0.2, -0.15) is 0 Å². The van der Waals surface area contributed by atoms with E-state index < -0.39 is 5.97 Å². The lowest BCUT2D eigenvalue weighted by molar-refractivity contribution is -0.123. The second-order valence-electron chi connectivity index (χ2n) is 6.98. The van der Waals surface area contributed by atoms with Crippen molar-refractivity contribution < 1.29 is 19.1 Å². The van der Waals surface area contributed by atoms with Crippen LogP contribution in [0, 0.1) is 3.57 Å². The van der Waals surface area contributed by atoms with E-state index in [0.717, 1.165) is 20.9 Å². The number of benzene rings is 3. The molecule has 4 rings (SSSR count). The molecule has 1 fully saturated rings. The monoisotopic (exact) mass is 653 g/mol. The summed E-state index contributed by atoms with van der Waals surface area (Å²) in [4.78, 5) is 39.1. The van der Waals surface area contributed by atoms with Crippen molar-refractivity contribution in [2.75, 3.05) is 0 Å². The van der Waals surface area contributed by atoms with Crippen molar-refractivity contribution in [3.63, 3.8) is 0 Å². The molecule has 1 saturated heterocycles. The Kier molecular flexibility index (Phi) is 7.58. The van der Waals surface area contributed by atoms with Crippen molar-refractivity contribution in [2.24, 2.45) is 0 Å². The molecular weight excluding hydrogens is 641 g/mol. The third kappa shape index (κ3) is 5.87. The molecule has 0 spiro atoms. The van der Waals surface area contributed by atoms with E-state index in [2.05, 4.69) is 38.5 Å². The molecule has 0 aromatic heterocycles. The Bertz CT molecular complexity index is 1280. The van der Waals surface area contributed by atoms with Gasteiger partial charge in [0.25, 0.3) is 11.1 Å². The largest absolute Gasteiger partial charge is 0.422 e. The van der Waals surface area contributed by atoms with Gasteiger partial charge in [-0.25, -0.2) is 4.79 Å². The minimum Gasteiger partial charge on any atom is -0.422 e. The Hall–Kier alpha value is -2.14. The molecule has 3 aromatic carbocycles. The Balaban J connectivity index is 1.47. The fourth-order valence-corrected chi connectivity index (χ4v) is 4.80. The second kappa shape index (κ2) is 10.4. The highest BCUT2D eigenvalue weighted by atomic mass is 127. The molecule has 0 unspecified atom stereocenters. The molecular formula is C24H14BrClINO4S. The summed E-state index contributed by atoms with van der Waals surface area (Å²) in [7, 11) is 0. The summed E-state index contributed by atoms with van der Waals surface area (Å²) in [5.74, 6) is -0.520. The SMILES string of the molecule is O=C(Oc1ccc(/C=C2\SC(=O)N(Cc3ccc(I)cc3)C2=O)cc1Br)c1ccc(Cl)cc1. The van der Waals surface area contributed by atoms with Crippen LogP contribution in [-0.2, 0) is 11.3 Å². The first-order valence-electron chi connectivity index (χ1n) is 9.57. The topological polar surface area (TPSA) is 63.7 Å². The van der Waals surface area contributed by atoms with E-state index in [1.807, 2.05) is 24.3 Å². The molecule has 0 saturated carbocycles. The minimum atomic E-state index is -0.517. The number of nitrogens with zero attached hydrogens (tertiary/aromatic N) is 1. The number of hydrogen-bond donors (Lipinski definition) is 0. The lowest BCUT2D eigenvalue weighted by Crippen LogP contribution is -2.27. The third-order valence-electron chi connectivity index (χ3n) is 4.66. The standard InChI is InChI=1S/C24H14BrClINO4S/c25-19-11-15(3-10-20(19)32-23(30)16-4-6-17(26)7-5-16)12-21-22(29)28(24(31)33-21)13-14-1-8-18(27)9-2-14/h1-12H,13H2/b21-12-. The van der Waals surface area contributed by atoms with Crippen LogP contribution in [0.2, 0.25) is 5.02 Å². The number of ether oxygens (including phenoxy) is 1. The van der Waals surface area contributed by atoms with Crippen LogP contribution in [0.4, 0.5) is 4.79 Å². The smallest absolute Gasteiger partial charge is 0.343 e. The summed E-state index contributed by atoms with van der Waals surface area (Å²) >= 11 is 12.4. The predicted molar refractivity (Wildman–Crippen MR) is 141 cm³/mol. The molecule has 0 radical (unpaired) electrons. The lowest BCUT2D eigenvalue weighted by atomic mass is 10.2. The number of halogens is 3. The van der Waals surface area contributed by atoms with Gasteiger partial charge in [0.1, 0.15) is 5.75 Å². The Morgan fingerprint density at radius 2 is 1.76 bits per heavy atom. The van der Waals surface area contributed by atoms with Crippen LogP contribution in [0.15, 0.2) is 76.1 Å². The van der Waals surface area contributed by atoms with Gasteiger partial charge in [-0.15, -0.1) is 0 Å². The fraction of sp³-hybridized carbons (Fsp3) is 0.0417. The van der Waals surface area contributed by atoms with Crippen molar-refractivity contribution in [2.45, 2.75) is 6.54 Å². The molecule has 3 aromatic rings. The molecule has 2 amide bonds. The van der Waals surface area contributed by atoms with E-state index in [0.29, 0.717) is 31.3 Å². The number of carbonyl (C=O) groups excluding carboxylic acids is 3. The molecule has 5 nitrogen and oxygen atoms in total. The molecule has 9 heteroatoms. The zero-order valence-electron chi connectivity index (χ0n) is 16.8. The van der Waals surface area contributed by atoms with E-state index in [4.69, 9.17) is 16.3 Å². The summed E-state index contributed by atoms with van der Waals surface area (Å²) in [6.07, 6.45) is 1.65. The molecule has 33 heavy (non-hydrogen) atoms. The van der Waals surface area contributed by atoms with Crippen LogP contribution in [0.25, 0.3) is 6.08 Å². The van der Waals surface area contributed by atoms with E-state index in [-0.39, 0.29) is 17.7 Å². The number of esters is 1. The van der Waals surface area contributed by atoms with Crippen molar-refractivity contribution in [1.82, 2.24) is 4.90 Å². The zero-order chi connectivity index (χ0) is 23.5. The van der Waals surface area contributed by atoms with Gasteiger partial charge in [0.05, 0.1) is 21.5 Å².